The van der Waals surface area contributed by atoms with Crippen LogP contribution in [0, 0.1) is 0 Å². The standard InChI is InChI=1S/C17H16N4O4S/c1-25-13-6-10(16(23)19-4-5-22)2-3-12(13)21-17(24)11-8-26-14-7-18-9-20-15(11)14/h2-3,6-9,22H,4-5H2,1H3,(H,19,23)(H,21,24). The average molecular weight is 372 g/mol. The fourth-order valence-corrected chi connectivity index (χ4v) is 3.20. The molecular weight excluding hydrogens is 356 g/mol. The summed E-state index contributed by atoms with van der Waals surface area (Å²) in [6.07, 6.45) is 3.05. The van der Waals surface area contributed by atoms with Gasteiger partial charge in [-0.05, 0) is 18.2 Å². The van der Waals surface area contributed by atoms with E-state index >= 15 is 0 Å². The molecule has 0 unspecified atom stereocenters. The van der Waals surface area contributed by atoms with Crippen molar-refractivity contribution in [1.82, 2.24) is 15.3 Å². The van der Waals surface area contributed by atoms with E-state index < -0.39 is 0 Å². The fraction of sp³-hybridized carbons (Fsp3) is 0.176. The molecule has 0 saturated carbocycles. The third-order valence-electron chi connectivity index (χ3n) is 3.59. The van der Waals surface area contributed by atoms with Crippen LogP contribution in [0.15, 0.2) is 36.1 Å². The van der Waals surface area contributed by atoms with Gasteiger partial charge in [-0.15, -0.1) is 11.3 Å². The third-order valence-corrected chi connectivity index (χ3v) is 4.50. The molecule has 2 aromatic heterocycles. The highest BCUT2D eigenvalue weighted by Crippen LogP contribution is 2.28. The van der Waals surface area contributed by atoms with Crippen molar-refractivity contribution in [3.8, 4) is 5.75 Å². The van der Waals surface area contributed by atoms with E-state index in [9.17, 15) is 9.59 Å². The lowest BCUT2D eigenvalue weighted by Gasteiger charge is -2.12. The predicted molar refractivity (Wildman–Crippen MR) is 97.8 cm³/mol. The van der Waals surface area contributed by atoms with Crippen LogP contribution in [-0.4, -0.2) is 47.2 Å². The van der Waals surface area contributed by atoms with Gasteiger partial charge in [-0.2, -0.15) is 0 Å². The summed E-state index contributed by atoms with van der Waals surface area (Å²) in [5.41, 5.74) is 1.83. The van der Waals surface area contributed by atoms with E-state index in [2.05, 4.69) is 20.6 Å². The van der Waals surface area contributed by atoms with E-state index in [0.717, 1.165) is 4.70 Å². The number of thiophene rings is 1. The molecule has 2 amide bonds. The van der Waals surface area contributed by atoms with Gasteiger partial charge >= 0.3 is 0 Å². The van der Waals surface area contributed by atoms with Crippen LogP contribution >= 0.6 is 11.3 Å². The first-order valence-corrected chi connectivity index (χ1v) is 8.57. The highest BCUT2D eigenvalue weighted by Gasteiger charge is 2.16. The number of methoxy groups -OCH3 is 1. The van der Waals surface area contributed by atoms with Crippen LogP contribution < -0.4 is 15.4 Å². The van der Waals surface area contributed by atoms with Crippen molar-refractivity contribution in [2.45, 2.75) is 0 Å². The zero-order chi connectivity index (χ0) is 18.5. The van der Waals surface area contributed by atoms with Crippen molar-refractivity contribution >= 4 is 39.1 Å². The molecule has 0 fully saturated rings. The third kappa shape index (κ3) is 3.63. The molecule has 0 aliphatic carbocycles. The summed E-state index contributed by atoms with van der Waals surface area (Å²) in [5, 5.41) is 15.8. The number of aromatic nitrogens is 2. The second kappa shape index (κ2) is 7.89. The van der Waals surface area contributed by atoms with Gasteiger partial charge in [-0.3, -0.25) is 9.59 Å². The van der Waals surface area contributed by atoms with Crippen LogP contribution in [-0.2, 0) is 0 Å². The van der Waals surface area contributed by atoms with E-state index in [1.54, 1.807) is 23.7 Å². The minimum atomic E-state index is -0.337. The lowest BCUT2D eigenvalue weighted by molar-refractivity contribution is 0.0944. The van der Waals surface area contributed by atoms with Crippen LogP contribution in [0.5, 0.6) is 5.75 Å². The Morgan fingerprint density at radius 1 is 1.31 bits per heavy atom. The van der Waals surface area contributed by atoms with Gasteiger partial charge in [0.1, 0.15) is 12.1 Å². The predicted octanol–water partition coefficient (Wildman–Crippen LogP) is 1.67. The van der Waals surface area contributed by atoms with Crippen LogP contribution in [0.25, 0.3) is 10.2 Å². The number of anilines is 1. The minimum Gasteiger partial charge on any atom is -0.495 e. The zero-order valence-electron chi connectivity index (χ0n) is 13.9. The lowest BCUT2D eigenvalue weighted by Crippen LogP contribution is -2.26. The summed E-state index contributed by atoms with van der Waals surface area (Å²) >= 11 is 1.39. The highest BCUT2D eigenvalue weighted by atomic mass is 32.1. The molecule has 134 valence electrons. The van der Waals surface area contributed by atoms with E-state index in [1.807, 2.05) is 0 Å². The number of rotatable bonds is 6. The molecule has 0 atom stereocenters. The topological polar surface area (TPSA) is 113 Å². The Morgan fingerprint density at radius 2 is 2.15 bits per heavy atom. The van der Waals surface area contributed by atoms with E-state index in [4.69, 9.17) is 9.84 Å². The van der Waals surface area contributed by atoms with Gasteiger partial charge < -0.3 is 20.5 Å². The SMILES string of the molecule is COc1cc(C(=O)NCCO)ccc1NC(=O)c1csc2cncnc12. The largest absolute Gasteiger partial charge is 0.495 e. The molecule has 3 aromatic rings. The first-order valence-electron chi connectivity index (χ1n) is 7.69. The number of aliphatic hydroxyl groups is 1. The molecule has 0 aliphatic heterocycles. The van der Waals surface area contributed by atoms with Crippen LogP contribution in [0.2, 0.25) is 0 Å². The first-order chi connectivity index (χ1) is 12.6. The van der Waals surface area contributed by atoms with Crippen molar-refractivity contribution in [2.75, 3.05) is 25.6 Å². The first kappa shape index (κ1) is 17.8. The van der Waals surface area contributed by atoms with Gasteiger partial charge in [-0.25, -0.2) is 9.97 Å². The number of hydrogen-bond acceptors (Lipinski definition) is 7. The highest BCUT2D eigenvalue weighted by molar-refractivity contribution is 7.17. The Morgan fingerprint density at radius 3 is 2.92 bits per heavy atom. The zero-order valence-corrected chi connectivity index (χ0v) is 14.7. The summed E-state index contributed by atoms with van der Waals surface area (Å²) < 4.78 is 6.10. The lowest BCUT2D eigenvalue weighted by atomic mass is 10.1. The quantitative estimate of drug-likeness (QED) is 0.607. The minimum absolute atomic E-state index is 0.144. The van der Waals surface area contributed by atoms with E-state index in [1.165, 1.54) is 30.8 Å². The van der Waals surface area contributed by atoms with Gasteiger partial charge in [0.2, 0.25) is 0 Å². The van der Waals surface area contributed by atoms with Gasteiger partial charge in [-0.1, -0.05) is 0 Å². The van der Waals surface area contributed by atoms with Crippen LogP contribution in [0.1, 0.15) is 20.7 Å². The Balaban J connectivity index is 1.83. The monoisotopic (exact) mass is 372 g/mol. The number of ether oxygens (including phenoxy) is 1. The molecule has 0 radical (unpaired) electrons. The fourth-order valence-electron chi connectivity index (χ4n) is 2.34. The number of fused-ring (bicyclic) bond motifs is 1. The number of carbonyl (C=O) groups excluding carboxylic acids is 2. The maximum absolute atomic E-state index is 12.6. The Labute approximate surface area is 152 Å². The second-order valence-corrected chi connectivity index (χ2v) is 6.14. The Bertz CT molecular complexity index is 957. The normalized spacial score (nSPS) is 10.5. The number of nitrogens with one attached hydrogen (secondary N) is 2. The molecule has 8 nitrogen and oxygen atoms in total. The van der Waals surface area contributed by atoms with Gasteiger partial charge in [0.15, 0.2) is 0 Å². The number of carbonyl (C=O) groups is 2. The van der Waals surface area contributed by atoms with Gasteiger partial charge in [0.05, 0.1) is 35.2 Å². The number of amides is 2. The van der Waals surface area contributed by atoms with Crippen molar-refractivity contribution in [3.05, 3.63) is 47.2 Å². The smallest absolute Gasteiger partial charge is 0.258 e. The van der Waals surface area contributed by atoms with Crippen molar-refractivity contribution in [1.29, 1.82) is 0 Å². The molecule has 1 aromatic carbocycles. The van der Waals surface area contributed by atoms with E-state index in [-0.39, 0.29) is 25.0 Å². The van der Waals surface area contributed by atoms with Crippen LogP contribution in [0.4, 0.5) is 5.69 Å². The Hall–Kier alpha value is -3.04. The molecule has 2 heterocycles. The molecule has 9 heteroatoms. The number of hydrogen-bond donors (Lipinski definition) is 3. The maximum Gasteiger partial charge on any atom is 0.258 e. The van der Waals surface area contributed by atoms with Crippen molar-refractivity contribution in [2.24, 2.45) is 0 Å². The van der Waals surface area contributed by atoms with Gasteiger partial charge in [0, 0.05) is 23.7 Å². The summed E-state index contributed by atoms with van der Waals surface area (Å²) in [5.74, 6) is -0.314. The Kier molecular flexibility index (Phi) is 5.40. The molecule has 3 N–H and O–H groups in total. The molecule has 0 bridgehead atoms. The second-order valence-electron chi connectivity index (χ2n) is 5.23. The summed E-state index contributed by atoms with van der Waals surface area (Å²) in [6.45, 7) is 0.0158. The molecule has 26 heavy (non-hydrogen) atoms. The van der Waals surface area contributed by atoms with Crippen molar-refractivity contribution in [3.63, 3.8) is 0 Å². The summed E-state index contributed by atoms with van der Waals surface area (Å²) in [6, 6.07) is 4.68. The molecule has 0 aliphatic rings. The number of aliphatic hydroxyl groups excluding tert-OH is 1. The van der Waals surface area contributed by atoms with Crippen LogP contribution in [0.3, 0.4) is 0 Å². The number of benzene rings is 1. The number of nitrogens with zero attached hydrogens (tertiary/aromatic N) is 2. The molecule has 3 rings (SSSR count). The molecular formula is C17H16N4O4S. The van der Waals surface area contributed by atoms with E-state index in [0.29, 0.717) is 28.1 Å². The molecule has 0 saturated heterocycles. The maximum atomic E-state index is 12.6. The average Bonchev–Trinajstić information content (AvgIpc) is 3.10. The summed E-state index contributed by atoms with van der Waals surface area (Å²) in [7, 11) is 1.45. The summed E-state index contributed by atoms with van der Waals surface area (Å²) in [4.78, 5) is 32.6. The molecule has 0 spiro atoms. The van der Waals surface area contributed by atoms with Gasteiger partial charge in [0.25, 0.3) is 11.8 Å². The van der Waals surface area contributed by atoms with Crippen molar-refractivity contribution < 1.29 is 19.4 Å².